The standard InChI is InChI=1S/C12H10F4N2O5S/c1-18-8(19)5-23-11(18)17-6-3-2-4-7(9(6)20)24(21,22)12(15,16)10(13)14/h2-4,10,20H,5H2,1H3. The normalized spacial score (nSPS) is 17.7. The van der Waals surface area contributed by atoms with Crippen LogP contribution in [0.5, 0.6) is 5.75 Å². The number of phenolic OH excluding ortho intramolecular Hbond substituents is 1. The summed E-state index contributed by atoms with van der Waals surface area (Å²) >= 11 is 0. The molecule has 12 heteroatoms. The average Bonchev–Trinajstić information content (AvgIpc) is 2.80. The molecule has 0 spiro atoms. The monoisotopic (exact) mass is 370 g/mol. The second-order valence-corrected chi connectivity index (χ2v) is 6.62. The summed E-state index contributed by atoms with van der Waals surface area (Å²) in [5, 5.41) is 4.46. The lowest BCUT2D eigenvalue weighted by atomic mass is 10.3. The van der Waals surface area contributed by atoms with Crippen molar-refractivity contribution in [2.45, 2.75) is 16.6 Å². The summed E-state index contributed by atoms with van der Waals surface area (Å²) in [7, 11) is -4.60. The van der Waals surface area contributed by atoms with E-state index in [9.17, 15) is 35.9 Å². The van der Waals surface area contributed by atoms with Gasteiger partial charge in [0.05, 0.1) is 0 Å². The molecule has 0 unspecified atom stereocenters. The van der Waals surface area contributed by atoms with Crippen LogP contribution in [-0.4, -0.2) is 55.7 Å². The number of carbonyl (C=O) groups is 1. The van der Waals surface area contributed by atoms with Gasteiger partial charge in [-0.15, -0.1) is 0 Å². The number of hydrogen-bond donors (Lipinski definition) is 1. The molecule has 24 heavy (non-hydrogen) atoms. The first-order valence-electron chi connectivity index (χ1n) is 6.20. The number of rotatable bonds is 4. The fourth-order valence-corrected chi connectivity index (χ4v) is 2.86. The van der Waals surface area contributed by atoms with Crippen LogP contribution in [0.15, 0.2) is 28.1 Å². The summed E-state index contributed by atoms with van der Waals surface area (Å²) < 4.78 is 79.5. The fourth-order valence-electron chi connectivity index (χ4n) is 1.72. The molecule has 0 aliphatic carbocycles. The van der Waals surface area contributed by atoms with Crippen LogP contribution in [0.3, 0.4) is 0 Å². The fraction of sp³-hybridized carbons (Fsp3) is 0.333. The third-order valence-electron chi connectivity index (χ3n) is 3.08. The molecule has 2 rings (SSSR count). The van der Waals surface area contributed by atoms with Crippen LogP contribution in [0.4, 0.5) is 23.2 Å². The zero-order valence-corrected chi connectivity index (χ0v) is 12.7. The lowest BCUT2D eigenvalue weighted by Gasteiger charge is -2.17. The Hall–Kier alpha value is -2.37. The molecule has 0 radical (unpaired) electrons. The maximum absolute atomic E-state index is 13.3. The van der Waals surface area contributed by atoms with Gasteiger partial charge in [-0.05, 0) is 12.1 Å². The van der Waals surface area contributed by atoms with E-state index in [0.29, 0.717) is 6.07 Å². The molecule has 0 atom stereocenters. The number of benzene rings is 1. The SMILES string of the molecule is CN1C(=O)COC1=Nc1cccc(S(=O)(=O)C(F)(F)C(F)F)c1O. The summed E-state index contributed by atoms with van der Waals surface area (Å²) in [6.07, 6.45) is -4.49. The Labute approximate surface area is 133 Å². The quantitative estimate of drug-likeness (QED) is 0.811. The molecule has 1 amide bonds. The highest BCUT2D eigenvalue weighted by Gasteiger charge is 2.55. The van der Waals surface area contributed by atoms with Crippen molar-refractivity contribution in [2.75, 3.05) is 13.7 Å². The van der Waals surface area contributed by atoms with Crippen molar-refractivity contribution in [3.8, 4) is 5.75 Å². The minimum absolute atomic E-state index is 0.314. The second kappa shape index (κ2) is 5.92. The predicted molar refractivity (Wildman–Crippen MR) is 72.1 cm³/mol. The van der Waals surface area contributed by atoms with E-state index in [-0.39, 0.29) is 12.6 Å². The second-order valence-electron chi connectivity index (χ2n) is 4.63. The Morgan fingerprint density at radius 3 is 2.50 bits per heavy atom. The molecule has 1 aliphatic rings. The van der Waals surface area contributed by atoms with Gasteiger partial charge in [0.15, 0.2) is 12.4 Å². The molecule has 132 valence electrons. The summed E-state index contributed by atoms with van der Waals surface area (Å²) in [5.41, 5.74) is -0.544. The van der Waals surface area contributed by atoms with Crippen molar-refractivity contribution < 1.29 is 40.6 Å². The zero-order chi connectivity index (χ0) is 18.3. The van der Waals surface area contributed by atoms with Crippen LogP contribution in [0.1, 0.15) is 0 Å². The Kier molecular flexibility index (Phi) is 4.44. The van der Waals surface area contributed by atoms with Crippen molar-refractivity contribution in [1.82, 2.24) is 4.90 Å². The van der Waals surface area contributed by atoms with Gasteiger partial charge >= 0.3 is 11.7 Å². The number of nitrogens with zero attached hydrogens (tertiary/aromatic N) is 2. The third kappa shape index (κ3) is 2.77. The lowest BCUT2D eigenvalue weighted by molar-refractivity contribution is -0.124. The summed E-state index contributed by atoms with van der Waals surface area (Å²) in [5.74, 6) is -1.75. The molecular weight excluding hydrogens is 360 g/mol. The summed E-state index contributed by atoms with van der Waals surface area (Å²) in [4.78, 5) is 14.4. The number of carbonyl (C=O) groups excluding carboxylic acids is 1. The van der Waals surface area contributed by atoms with Crippen molar-refractivity contribution >= 4 is 27.5 Å². The molecule has 1 saturated heterocycles. The number of halogens is 4. The highest BCUT2D eigenvalue weighted by Crippen LogP contribution is 2.41. The topological polar surface area (TPSA) is 96.3 Å². The van der Waals surface area contributed by atoms with E-state index < -0.39 is 43.8 Å². The largest absolute Gasteiger partial charge is 0.504 e. The first kappa shape index (κ1) is 18.0. The number of sulfone groups is 1. The van der Waals surface area contributed by atoms with E-state index in [0.717, 1.165) is 17.0 Å². The van der Waals surface area contributed by atoms with Crippen LogP contribution >= 0.6 is 0 Å². The Balaban J connectivity index is 2.54. The molecule has 1 aliphatic heterocycles. The first-order chi connectivity index (χ1) is 11.0. The maximum Gasteiger partial charge on any atom is 0.408 e. The van der Waals surface area contributed by atoms with Gasteiger partial charge in [-0.25, -0.2) is 17.2 Å². The number of amidine groups is 1. The van der Waals surface area contributed by atoms with Gasteiger partial charge in [0.1, 0.15) is 10.6 Å². The van der Waals surface area contributed by atoms with Crippen LogP contribution in [0.2, 0.25) is 0 Å². The Bertz CT molecular complexity index is 810. The van der Waals surface area contributed by atoms with Gasteiger partial charge in [-0.2, -0.15) is 13.8 Å². The molecule has 1 aromatic carbocycles. The molecule has 1 fully saturated rings. The molecule has 7 nitrogen and oxygen atoms in total. The van der Waals surface area contributed by atoms with Gasteiger partial charge in [-0.3, -0.25) is 9.69 Å². The number of alkyl halides is 4. The van der Waals surface area contributed by atoms with Crippen LogP contribution < -0.4 is 0 Å². The van der Waals surface area contributed by atoms with Crippen molar-refractivity contribution in [2.24, 2.45) is 4.99 Å². The minimum Gasteiger partial charge on any atom is -0.504 e. The van der Waals surface area contributed by atoms with Gasteiger partial charge in [-0.1, -0.05) is 6.07 Å². The average molecular weight is 370 g/mol. The van der Waals surface area contributed by atoms with Crippen molar-refractivity contribution in [3.05, 3.63) is 18.2 Å². The zero-order valence-electron chi connectivity index (χ0n) is 11.9. The number of amides is 1. The van der Waals surface area contributed by atoms with E-state index in [1.165, 1.54) is 7.05 Å². The summed E-state index contributed by atoms with van der Waals surface area (Å²) in [6.45, 7) is -0.350. The molecule has 1 heterocycles. The molecule has 1 N–H and O–H groups in total. The van der Waals surface area contributed by atoms with Gasteiger partial charge in [0.25, 0.3) is 21.8 Å². The highest BCUT2D eigenvalue weighted by atomic mass is 32.2. The number of ether oxygens (including phenoxy) is 1. The van der Waals surface area contributed by atoms with E-state index in [4.69, 9.17) is 4.74 Å². The van der Waals surface area contributed by atoms with E-state index >= 15 is 0 Å². The predicted octanol–water partition coefficient (Wildman–Crippen LogP) is 1.50. The molecule has 0 saturated carbocycles. The van der Waals surface area contributed by atoms with Gasteiger partial charge in [0.2, 0.25) is 0 Å². The maximum atomic E-state index is 13.3. The van der Waals surface area contributed by atoms with Crippen LogP contribution in [0.25, 0.3) is 0 Å². The smallest absolute Gasteiger partial charge is 0.408 e. The third-order valence-corrected chi connectivity index (χ3v) is 4.88. The number of para-hydroxylation sites is 1. The first-order valence-corrected chi connectivity index (χ1v) is 7.69. The van der Waals surface area contributed by atoms with E-state index in [1.54, 1.807) is 0 Å². The Morgan fingerprint density at radius 2 is 2.00 bits per heavy atom. The molecule has 0 bridgehead atoms. The lowest BCUT2D eigenvalue weighted by Crippen LogP contribution is -2.36. The molecular formula is C12H10F4N2O5S. The van der Waals surface area contributed by atoms with Crippen molar-refractivity contribution in [1.29, 1.82) is 0 Å². The number of likely N-dealkylation sites (N-methyl/N-ethyl adjacent to an activating group) is 1. The molecule has 0 aromatic heterocycles. The van der Waals surface area contributed by atoms with E-state index in [2.05, 4.69) is 4.99 Å². The minimum atomic E-state index is -5.87. The van der Waals surface area contributed by atoms with Gasteiger partial charge in [0, 0.05) is 7.05 Å². The van der Waals surface area contributed by atoms with Crippen LogP contribution in [-0.2, 0) is 19.4 Å². The molecule has 1 aromatic rings. The number of phenols is 1. The Morgan fingerprint density at radius 1 is 1.38 bits per heavy atom. The summed E-state index contributed by atoms with van der Waals surface area (Å²) in [6, 6.07) is 2.17. The number of hydrogen-bond acceptors (Lipinski definition) is 6. The van der Waals surface area contributed by atoms with E-state index in [1.807, 2.05) is 0 Å². The number of aliphatic imine (C=N–C) groups is 1. The van der Waals surface area contributed by atoms with Crippen molar-refractivity contribution in [3.63, 3.8) is 0 Å². The van der Waals surface area contributed by atoms with Crippen LogP contribution in [0, 0.1) is 0 Å². The van der Waals surface area contributed by atoms with Gasteiger partial charge < -0.3 is 9.84 Å². The highest BCUT2D eigenvalue weighted by molar-refractivity contribution is 7.92. The number of aromatic hydroxyl groups is 1.